The lowest BCUT2D eigenvalue weighted by Gasteiger charge is -2.18. The molecule has 1 aromatic heterocycles. The smallest absolute Gasteiger partial charge is 0.416 e. The molecule has 0 unspecified atom stereocenters. The van der Waals surface area contributed by atoms with E-state index < -0.39 is 23.7 Å². The first kappa shape index (κ1) is 19.7. The van der Waals surface area contributed by atoms with E-state index in [1.807, 2.05) is 4.90 Å². The van der Waals surface area contributed by atoms with E-state index in [9.17, 15) is 18.0 Å². The molecule has 1 amide bonds. The third-order valence-electron chi connectivity index (χ3n) is 4.35. The Labute approximate surface area is 159 Å². The van der Waals surface area contributed by atoms with Crippen molar-refractivity contribution in [3.05, 3.63) is 42.1 Å². The standard InChI is InChI=1S/C18H20F3N5O2/c1-11(16(22)27)24-15-6-8-23-17(25-15)26-9-7-14(10-26)28-13-4-2-12(3-5-13)18(19,20)21/h2-6,8,11,14H,7,9-10H2,1H3,(H2,22,27)(H,23,24,25)/t11-,14-/m0/s1. The summed E-state index contributed by atoms with van der Waals surface area (Å²) in [5, 5.41) is 2.90. The second-order valence-corrected chi connectivity index (χ2v) is 6.51. The lowest BCUT2D eigenvalue weighted by molar-refractivity contribution is -0.137. The van der Waals surface area contributed by atoms with Gasteiger partial charge in [-0.3, -0.25) is 4.79 Å². The fourth-order valence-electron chi connectivity index (χ4n) is 2.80. The molecule has 1 aromatic carbocycles. The van der Waals surface area contributed by atoms with Gasteiger partial charge in [-0.1, -0.05) is 0 Å². The van der Waals surface area contributed by atoms with Crippen LogP contribution in [-0.2, 0) is 11.0 Å². The summed E-state index contributed by atoms with van der Waals surface area (Å²) in [5.41, 5.74) is 4.52. The molecule has 3 N–H and O–H groups in total. The lowest BCUT2D eigenvalue weighted by Crippen LogP contribution is -2.33. The predicted octanol–water partition coefficient (Wildman–Crippen LogP) is 2.44. The first-order valence-corrected chi connectivity index (χ1v) is 8.70. The van der Waals surface area contributed by atoms with Crippen LogP contribution in [0.4, 0.5) is 24.9 Å². The monoisotopic (exact) mass is 395 g/mol. The van der Waals surface area contributed by atoms with E-state index in [-0.39, 0.29) is 6.10 Å². The molecule has 0 aliphatic carbocycles. The zero-order valence-electron chi connectivity index (χ0n) is 15.1. The van der Waals surface area contributed by atoms with E-state index in [0.717, 1.165) is 12.1 Å². The van der Waals surface area contributed by atoms with Gasteiger partial charge in [0.2, 0.25) is 11.9 Å². The molecular weight excluding hydrogens is 375 g/mol. The summed E-state index contributed by atoms with van der Waals surface area (Å²) in [6.45, 7) is 2.77. The number of primary amides is 1. The molecule has 1 saturated heterocycles. The number of hydrogen-bond acceptors (Lipinski definition) is 6. The third kappa shape index (κ3) is 4.81. The zero-order chi connectivity index (χ0) is 20.3. The Morgan fingerprint density at radius 3 is 2.68 bits per heavy atom. The predicted molar refractivity (Wildman–Crippen MR) is 97.0 cm³/mol. The van der Waals surface area contributed by atoms with Gasteiger partial charge >= 0.3 is 6.18 Å². The minimum absolute atomic E-state index is 0.193. The van der Waals surface area contributed by atoms with Crippen LogP contribution in [0.2, 0.25) is 0 Å². The number of nitrogens with one attached hydrogen (secondary N) is 1. The number of anilines is 2. The number of hydrogen-bond donors (Lipinski definition) is 2. The maximum Gasteiger partial charge on any atom is 0.416 e. The number of aromatic nitrogens is 2. The number of halogens is 3. The maximum atomic E-state index is 12.6. The molecule has 0 saturated carbocycles. The van der Waals surface area contributed by atoms with Crippen molar-refractivity contribution < 1.29 is 22.7 Å². The minimum Gasteiger partial charge on any atom is -0.489 e. The van der Waals surface area contributed by atoms with Crippen LogP contribution in [0.25, 0.3) is 0 Å². The summed E-state index contributed by atoms with van der Waals surface area (Å²) < 4.78 is 43.7. The van der Waals surface area contributed by atoms with Gasteiger partial charge in [0.1, 0.15) is 23.7 Å². The van der Waals surface area contributed by atoms with Crippen molar-refractivity contribution in [2.75, 3.05) is 23.3 Å². The SMILES string of the molecule is C[C@H](Nc1ccnc(N2CC[C@H](Oc3ccc(C(F)(F)F)cc3)C2)n1)C(N)=O. The fourth-order valence-corrected chi connectivity index (χ4v) is 2.80. The number of carbonyl (C=O) groups excluding carboxylic acids is 1. The van der Waals surface area contributed by atoms with Crippen molar-refractivity contribution in [3.8, 4) is 5.75 Å². The van der Waals surface area contributed by atoms with Crippen LogP contribution in [0.1, 0.15) is 18.9 Å². The van der Waals surface area contributed by atoms with Gasteiger partial charge in [-0.05, 0) is 37.3 Å². The van der Waals surface area contributed by atoms with Crippen molar-refractivity contribution in [2.45, 2.75) is 31.7 Å². The van der Waals surface area contributed by atoms with E-state index in [1.165, 1.54) is 12.1 Å². The van der Waals surface area contributed by atoms with Gasteiger partial charge in [-0.15, -0.1) is 0 Å². The summed E-state index contributed by atoms with van der Waals surface area (Å²) in [7, 11) is 0. The molecular formula is C18H20F3N5O2. The van der Waals surface area contributed by atoms with E-state index in [4.69, 9.17) is 10.5 Å². The Kier molecular flexibility index (Phi) is 5.57. The van der Waals surface area contributed by atoms with Crippen LogP contribution >= 0.6 is 0 Å². The molecule has 2 heterocycles. The molecule has 28 heavy (non-hydrogen) atoms. The second kappa shape index (κ2) is 7.91. The van der Waals surface area contributed by atoms with Crippen LogP contribution in [0.3, 0.4) is 0 Å². The van der Waals surface area contributed by atoms with Crippen molar-refractivity contribution in [1.82, 2.24) is 9.97 Å². The average molecular weight is 395 g/mol. The van der Waals surface area contributed by atoms with Gasteiger partial charge in [-0.2, -0.15) is 18.2 Å². The van der Waals surface area contributed by atoms with Crippen LogP contribution in [0, 0.1) is 0 Å². The van der Waals surface area contributed by atoms with Crippen molar-refractivity contribution >= 4 is 17.7 Å². The van der Waals surface area contributed by atoms with Crippen molar-refractivity contribution in [1.29, 1.82) is 0 Å². The van der Waals surface area contributed by atoms with Gasteiger partial charge in [0.25, 0.3) is 0 Å². The largest absolute Gasteiger partial charge is 0.489 e. The fraction of sp³-hybridized carbons (Fsp3) is 0.389. The maximum absolute atomic E-state index is 12.6. The number of benzene rings is 1. The highest BCUT2D eigenvalue weighted by Gasteiger charge is 2.30. The van der Waals surface area contributed by atoms with Crippen LogP contribution < -0.4 is 20.7 Å². The molecule has 150 valence electrons. The molecule has 1 aliphatic rings. The molecule has 2 aromatic rings. The molecule has 1 fully saturated rings. The van der Waals surface area contributed by atoms with Crippen LogP contribution in [0.15, 0.2) is 36.5 Å². The van der Waals surface area contributed by atoms with E-state index in [0.29, 0.717) is 37.0 Å². The molecule has 10 heteroatoms. The summed E-state index contributed by atoms with van der Waals surface area (Å²) in [6.07, 6.45) is -2.31. The lowest BCUT2D eigenvalue weighted by atomic mass is 10.2. The Morgan fingerprint density at radius 2 is 2.04 bits per heavy atom. The van der Waals surface area contributed by atoms with Gasteiger partial charge in [0.05, 0.1) is 12.1 Å². The van der Waals surface area contributed by atoms with Gasteiger partial charge in [0, 0.05) is 19.2 Å². The summed E-state index contributed by atoms with van der Waals surface area (Å²) in [5.74, 6) is 0.835. The number of nitrogens with zero attached hydrogens (tertiary/aromatic N) is 3. The van der Waals surface area contributed by atoms with Crippen molar-refractivity contribution in [2.24, 2.45) is 5.73 Å². The first-order valence-electron chi connectivity index (χ1n) is 8.70. The first-order chi connectivity index (χ1) is 13.2. The number of amides is 1. The highest BCUT2D eigenvalue weighted by Crippen LogP contribution is 2.31. The number of nitrogens with two attached hydrogens (primary N) is 1. The van der Waals surface area contributed by atoms with Gasteiger partial charge in [-0.25, -0.2) is 4.98 Å². The Balaban J connectivity index is 1.60. The van der Waals surface area contributed by atoms with E-state index >= 15 is 0 Å². The second-order valence-electron chi connectivity index (χ2n) is 6.51. The van der Waals surface area contributed by atoms with Gasteiger partial charge in [0.15, 0.2) is 0 Å². The molecule has 7 nitrogen and oxygen atoms in total. The average Bonchev–Trinajstić information content (AvgIpc) is 3.10. The molecule has 1 aliphatic heterocycles. The highest BCUT2D eigenvalue weighted by atomic mass is 19.4. The summed E-state index contributed by atoms with van der Waals surface area (Å²) in [4.78, 5) is 21.7. The molecule has 0 radical (unpaired) electrons. The summed E-state index contributed by atoms with van der Waals surface area (Å²) >= 11 is 0. The van der Waals surface area contributed by atoms with Crippen LogP contribution in [-0.4, -0.2) is 41.1 Å². The van der Waals surface area contributed by atoms with Gasteiger partial charge < -0.3 is 20.7 Å². The zero-order valence-corrected chi connectivity index (χ0v) is 15.1. The topological polar surface area (TPSA) is 93.4 Å². The molecule has 0 spiro atoms. The molecule has 3 rings (SSSR count). The number of ether oxygens (including phenoxy) is 1. The molecule has 2 atom stereocenters. The van der Waals surface area contributed by atoms with E-state index in [1.54, 1.807) is 19.2 Å². The highest BCUT2D eigenvalue weighted by molar-refractivity contribution is 5.82. The normalized spacial score (nSPS) is 18.0. The number of carbonyl (C=O) groups is 1. The third-order valence-corrected chi connectivity index (χ3v) is 4.35. The Bertz CT molecular complexity index is 829. The Morgan fingerprint density at radius 1 is 1.32 bits per heavy atom. The summed E-state index contributed by atoms with van der Waals surface area (Å²) in [6, 6.07) is 5.70. The van der Waals surface area contributed by atoms with Crippen LogP contribution in [0.5, 0.6) is 5.75 Å². The van der Waals surface area contributed by atoms with Crippen molar-refractivity contribution in [3.63, 3.8) is 0 Å². The molecule has 0 bridgehead atoms. The number of rotatable bonds is 6. The number of alkyl halides is 3. The quantitative estimate of drug-likeness (QED) is 0.780. The Hall–Kier alpha value is -3.04. The van der Waals surface area contributed by atoms with E-state index in [2.05, 4.69) is 15.3 Å². The minimum atomic E-state index is -4.37.